The van der Waals surface area contributed by atoms with Crippen molar-refractivity contribution in [2.24, 2.45) is 5.92 Å². The van der Waals surface area contributed by atoms with Crippen molar-refractivity contribution in [3.8, 4) is 0 Å². The van der Waals surface area contributed by atoms with Gasteiger partial charge in [-0.2, -0.15) is 4.98 Å². The molecule has 7 heteroatoms. The SMILES string of the molecule is CC1CCN(C(=O)Nc2ccc3nc(N(C)C)oc3c2)CC1O. The number of rotatable bonds is 2. The molecular weight excluding hydrogens is 296 g/mol. The van der Waals surface area contributed by atoms with Gasteiger partial charge in [0.05, 0.1) is 6.10 Å². The van der Waals surface area contributed by atoms with Crippen LogP contribution in [0.2, 0.25) is 0 Å². The molecule has 2 N–H and O–H groups in total. The van der Waals surface area contributed by atoms with Gasteiger partial charge in [0.1, 0.15) is 5.52 Å². The van der Waals surface area contributed by atoms with Gasteiger partial charge in [-0.25, -0.2) is 4.79 Å². The maximum absolute atomic E-state index is 12.3. The first-order chi connectivity index (χ1) is 10.9. The number of nitrogens with one attached hydrogen (secondary N) is 1. The van der Waals surface area contributed by atoms with Gasteiger partial charge in [-0.1, -0.05) is 6.92 Å². The minimum atomic E-state index is -0.464. The largest absolute Gasteiger partial charge is 0.423 e. The van der Waals surface area contributed by atoms with Crippen LogP contribution in [0, 0.1) is 5.92 Å². The summed E-state index contributed by atoms with van der Waals surface area (Å²) < 4.78 is 5.64. The van der Waals surface area contributed by atoms with Crippen molar-refractivity contribution in [3.05, 3.63) is 18.2 Å². The topological polar surface area (TPSA) is 81.8 Å². The number of fused-ring (bicyclic) bond motifs is 1. The van der Waals surface area contributed by atoms with Gasteiger partial charge in [0.25, 0.3) is 6.01 Å². The molecule has 3 rings (SSSR count). The number of hydrogen-bond acceptors (Lipinski definition) is 5. The highest BCUT2D eigenvalue weighted by Gasteiger charge is 2.27. The van der Waals surface area contributed by atoms with Crippen molar-refractivity contribution >= 4 is 28.8 Å². The van der Waals surface area contributed by atoms with Crippen molar-refractivity contribution in [2.45, 2.75) is 19.4 Å². The Hall–Kier alpha value is -2.28. The summed E-state index contributed by atoms with van der Waals surface area (Å²) in [5.74, 6) is 0.231. The van der Waals surface area contributed by atoms with E-state index in [9.17, 15) is 9.90 Å². The van der Waals surface area contributed by atoms with Crippen molar-refractivity contribution < 1.29 is 14.3 Å². The van der Waals surface area contributed by atoms with E-state index in [1.165, 1.54) is 0 Å². The Labute approximate surface area is 134 Å². The molecule has 2 unspecified atom stereocenters. The molecular formula is C16H22N4O3. The van der Waals surface area contributed by atoms with Crippen molar-refractivity contribution in [3.63, 3.8) is 0 Å². The Morgan fingerprint density at radius 1 is 1.48 bits per heavy atom. The zero-order chi connectivity index (χ0) is 16.6. The Kier molecular flexibility index (Phi) is 4.12. The summed E-state index contributed by atoms with van der Waals surface area (Å²) in [5.41, 5.74) is 2.02. The maximum atomic E-state index is 12.3. The highest BCUT2D eigenvalue weighted by molar-refractivity contribution is 5.91. The standard InChI is InChI=1S/C16H22N4O3/c1-10-6-7-20(9-13(10)21)15(22)17-11-4-5-12-14(8-11)23-16(18-12)19(2)3/h4-5,8,10,13,21H,6-7,9H2,1-3H3,(H,17,22). The fraction of sp³-hybridized carbons (Fsp3) is 0.500. The van der Waals surface area contributed by atoms with Gasteiger partial charge >= 0.3 is 6.03 Å². The normalized spacial score (nSPS) is 21.5. The molecule has 0 aliphatic carbocycles. The molecule has 0 spiro atoms. The van der Waals surface area contributed by atoms with E-state index in [2.05, 4.69) is 10.3 Å². The molecule has 1 fully saturated rings. The number of benzene rings is 1. The van der Waals surface area contributed by atoms with Crippen LogP contribution < -0.4 is 10.2 Å². The molecule has 2 amide bonds. The van der Waals surface area contributed by atoms with Gasteiger partial charge in [-0.3, -0.25) is 0 Å². The Morgan fingerprint density at radius 3 is 2.96 bits per heavy atom. The molecule has 1 aromatic heterocycles. The molecule has 2 aromatic rings. The van der Waals surface area contributed by atoms with Gasteiger partial charge in [0.15, 0.2) is 5.58 Å². The molecule has 0 radical (unpaired) electrons. The Morgan fingerprint density at radius 2 is 2.26 bits per heavy atom. The number of nitrogens with zero attached hydrogens (tertiary/aromatic N) is 3. The predicted octanol–water partition coefficient (Wildman–Crippen LogP) is 2.13. The number of likely N-dealkylation sites (tertiary alicyclic amines) is 1. The fourth-order valence-corrected chi connectivity index (χ4v) is 2.62. The second-order valence-corrected chi connectivity index (χ2v) is 6.28. The number of β-amino-alcohol motifs (C(OH)–C–C–N with tert-alkyl or cyclic N) is 1. The summed E-state index contributed by atoms with van der Waals surface area (Å²) in [6.07, 6.45) is 0.343. The van der Waals surface area contributed by atoms with Crippen LogP contribution in [0.4, 0.5) is 16.5 Å². The average Bonchev–Trinajstić information content (AvgIpc) is 2.93. The third kappa shape index (κ3) is 3.24. The maximum Gasteiger partial charge on any atom is 0.321 e. The van der Waals surface area contributed by atoms with Gasteiger partial charge in [-0.15, -0.1) is 0 Å². The minimum absolute atomic E-state index is 0.206. The van der Waals surface area contributed by atoms with Crippen LogP contribution in [0.5, 0.6) is 0 Å². The van der Waals surface area contributed by atoms with Crippen LogP contribution >= 0.6 is 0 Å². The zero-order valence-electron chi connectivity index (χ0n) is 13.6. The summed E-state index contributed by atoms with van der Waals surface area (Å²) in [6.45, 7) is 3.02. The van der Waals surface area contributed by atoms with Crippen LogP contribution in [-0.2, 0) is 0 Å². The number of carbonyl (C=O) groups excluding carboxylic acids is 1. The van der Waals surface area contributed by atoms with Gasteiger partial charge < -0.3 is 24.6 Å². The van der Waals surface area contributed by atoms with E-state index >= 15 is 0 Å². The molecule has 1 aliphatic heterocycles. The fourth-order valence-electron chi connectivity index (χ4n) is 2.62. The number of anilines is 2. The third-order valence-electron chi connectivity index (χ3n) is 4.22. The molecule has 1 aliphatic rings. The minimum Gasteiger partial charge on any atom is -0.423 e. The number of aliphatic hydroxyl groups excluding tert-OH is 1. The highest BCUT2D eigenvalue weighted by Crippen LogP contribution is 2.24. The number of piperidine rings is 1. The number of carbonyl (C=O) groups is 1. The predicted molar refractivity (Wildman–Crippen MR) is 88.7 cm³/mol. The van der Waals surface area contributed by atoms with E-state index in [4.69, 9.17) is 4.42 Å². The summed E-state index contributed by atoms with van der Waals surface area (Å²) >= 11 is 0. The third-order valence-corrected chi connectivity index (χ3v) is 4.22. The number of hydrogen-bond donors (Lipinski definition) is 2. The van der Waals surface area contributed by atoms with Crippen molar-refractivity contribution in [1.82, 2.24) is 9.88 Å². The van der Waals surface area contributed by atoms with Crippen molar-refractivity contribution in [2.75, 3.05) is 37.4 Å². The van der Waals surface area contributed by atoms with Gasteiger partial charge in [-0.05, 0) is 24.5 Å². The van der Waals surface area contributed by atoms with E-state index < -0.39 is 6.10 Å². The molecule has 0 bridgehead atoms. The lowest BCUT2D eigenvalue weighted by molar-refractivity contribution is 0.0464. The second kappa shape index (κ2) is 6.08. The molecule has 1 aromatic carbocycles. The van der Waals surface area contributed by atoms with E-state index in [0.29, 0.717) is 30.4 Å². The quantitative estimate of drug-likeness (QED) is 0.886. The number of aliphatic hydroxyl groups is 1. The number of amides is 2. The van der Waals surface area contributed by atoms with Gasteiger partial charge in [0, 0.05) is 38.9 Å². The number of urea groups is 1. The monoisotopic (exact) mass is 318 g/mol. The van der Waals surface area contributed by atoms with Crippen LogP contribution in [0.25, 0.3) is 11.1 Å². The molecule has 2 heterocycles. The Bertz CT molecular complexity index is 712. The molecule has 7 nitrogen and oxygen atoms in total. The number of aromatic nitrogens is 1. The summed E-state index contributed by atoms with van der Waals surface area (Å²) in [5, 5.41) is 12.8. The molecule has 2 atom stereocenters. The van der Waals surface area contributed by atoms with Gasteiger partial charge in [0.2, 0.25) is 0 Å². The van der Waals surface area contributed by atoms with Crippen molar-refractivity contribution in [1.29, 1.82) is 0 Å². The lowest BCUT2D eigenvalue weighted by Crippen LogP contribution is -2.47. The molecule has 23 heavy (non-hydrogen) atoms. The summed E-state index contributed by atoms with van der Waals surface area (Å²) in [6, 6.07) is 5.69. The smallest absolute Gasteiger partial charge is 0.321 e. The van der Waals surface area contributed by atoms with E-state index in [-0.39, 0.29) is 11.9 Å². The van der Waals surface area contributed by atoms with E-state index in [1.54, 1.807) is 21.9 Å². The summed E-state index contributed by atoms with van der Waals surface area (Å²) in [4.78, 5) is 20.1. The lowest BCUT2D eigenvalue weighted by Gasteiger charge is -2.34. The van der Waals surface area contributed by atoms with Crippen LogP contribution in [0.1, 0.15) is 13.3 Å². The van der Waals surface area contributed by atoms with E-state index in [1.807, 2.05) is 27.1 Å². The zero-order valence-corrected chi connectivity index (χ0v) is 13.6. The van der Waals surface area contributed by atoms with Crippen LogP contribution in [0.15, 0.2) is 22.6 Å². The highest BCUT2D eigenvalue weighted by atomic mass is 16.4. The average molecular weight is 318 g/mol. The summed E-state index contributed by atoms with van der Waals surface area (Å²) in [7, 11) is 3.71. The lowest BCUT2D eigenvalue weighted by atomic mass is 9.96. The second-order valence-electron chi connectivity index (χ2n) is 6.28. The first kappa shape index (κ1) is 15.6. The molecule has 124 valence electrons. The van der Waals surface area contributed by atoms with Crippen LogP contribution in [0.3, 0.4) is 0 Å². The molecule has 1 saturated heterocycles. The first-order valence-corrected chi connectivity index (χ1v) is 7.76. The first-order valence-electron chi connectivity index (χ1n) is 7.76. The van der Waals surface area contributed by atoms with E-state index in [0.717, 1.165) is 11.9 Å². The Balaban J connectivity index is 1.72. The number of oxazole rings is 1. The van der Waals surface area contributed by atoms with Crippen LogP contribution in [-0.4, -0.2) is 54.3 Å². The molecule has 0 saturated carbocycles.